The number of carbonyl (C=O) groups is 1. The fraction of sp³-hybridized carbons (Fsp3) is 0.579. The first-order chi connectivity index (χ1) is 12.7. The highest BCUT2D eigenvalue weighted by atomic mass is 32.1. The molecule has 0 saturated carbocycles. The van der Waals surface area contributed by atoms with Gasteiger partial charge in [-0.15, -0.1) is 11.3 Å². The van der Waals surface area contributed by atoms with E-state index in [2.05, 4.69) is 23.5 Å². The van der Waals surface area contributed by atoms with E-state index < -0.39 is 11.9 Å². The number of alkyl halides is 3. The number of carbonyl (C=O) groups excluding carboxylic acids is 1. The molecule has 2 unspecified atom stereocenters. The van der Waals surface area contributed by atoms with Gasteiger partial charge in [-0.3, -0.25) is 4.79 Å². The van der Waals surface area contributed by atoms with E-state index in [-0.39, 0.29) is 17.2 Å². The molecular weight excluding hydrogens is 377 g/mol. The van der Waals surface area contributed by atoms with E-state index >= 15 is 0 Å². The Kier molecular flexibility index (Phi) is 5.65. The molecule has 1 aliphatic rings. The van der Waals surface area contributed by atoms with Crippen molar-refractivity contribution in [1.82, 2.24) is 10.1 Å². The summed E-state index contributed by atoms with van der Waals surface area (Å²) in [5.74, 6) is -0.0834. The molecule has 2 aromatic heterocycles. The van der Waals surface area contributed by atoms with Crippen LogP contribution in [0.4, 0.5) is 13.2 Å². The van der Waals surface area contributed by atoms with Crippen LogP contribution in [0, 0.1) is 18.8 Å². The van der Waals surface area contributed by atoms with Gasteiger partial charge in [-0.05, 0) is 43.7 Å². The molecule has 0 radical (unpaired) electrons. The van der Waals surface area contributed by atoms with Crippen molar-refractivity contribution in [3.8, 4) is 10.6 Å². The molecule has 148 valence electrons. The number of thiophene rings is 1. The lowest BCUT2D eigenvalue weighted by molar-refractivity contribution is -0.156. The van der Waals surface area contributed by atoms with Gasteiger partial charge in [0, 0.05) is 18.7 Å². The highest BCUT2D eigenvalue weighted by molar-refractivity contribution is 7.17. The smallest absolute Gasteiger partial charge is 0.351 e. The molecule has 0 bridgehead atoms. The third-order valence-electron chi connectivity index (χ3n) is 5.43. The average molecular weight is 400 g/mol. The molecule has 8 heteroatoms. The normalized spacial score (nSPS) is 19.3. The summed E-state index contributed by atoms with van der Waals surface area (Å²) in [6.45, 7) is 7.17. The van der Waals surface area contributed by atoms with E-state index in [1.165, 1.54) is 6.92 Å². The largest absolute Gasteiger partial charge is 0.452 e. The molecule has 0 N–H and O–H groups in total. The minimum Gasteiger partial charge on any atom is -0.351 e. The van der Waals surface area contributed by atoms with Gasteiger partial charge in [-0.1, -0.05) is 25.4 Å². The zero-order valence-electron chi connectivity index (χ0n) is 15.6. The molecule has 2 aromatic rings. The zero-order valence-corrected chi connectivity index (χ0v) is 16.4. The topological polar surface area (TPSA) is 46.3 Å². The van der Waals surface area contributed by atoms with Gasteiger partial charge in [-0.25, -0.2) is 0 Å². The van der Waals surface area contributed by atoms with Gasteiger partial charge >= 0.3 is 6.18 Å². The van der Waals surface area contributed by atoms with Crippen LogP contribution in [0.15, 0.2) is 16.7 Å². The quantitative estimate of drug-likeness (QED) is 0.668. The second-order valence-electron chi connectivity index (χ2n) is 7.19. The van der Waals surface area contributed by atoms with Gasteiger partial charge in [0.25, 0.3) is 5.91 Å². The van der Waals surface area contributed by atoms with Crippen molar-refractivity contribution in [3.05, 3.63) is 28.3 Å². The van der Waals surface area contributed by atoms with Gasteiger partial charge in [0.05, 0.1) is 9.75 Å². The number of hydrogen-bond donors (Lipinski definition) is 0. The van der Waals surface area contributed by atoms with Crippen LogP contribution in [-0.4, -0.2) is 29.1 Å². The van der Waals surface area contributed by atoms with Crippen LogP contribution in [-0.2, 0) is 6.18 Å². The van der Waals surface area contributed by atoms with Gasteiger partial charge in [0.15, 0.2) is 0 Å². The second kappa shape index (κ2) is 7.66. The fourth-order valence-electron chi connectivity index (χ4n) is 3.56. The first-order valence-corrected chi connectivity index (χ1v) is 9.97. The Bertz CT molecular complexity index is 812. The number of amides is 1. The van der Waals surface area contributed by atoms with Crippen molar-refractivity contribution in [3.63, 3.8) is 0 Å². The SMILES string of the molecule is CCC(C)C1CCCN(C(=O)c2ccc(-c3noc(C(F)(F)F)c3C)s2)C1. The summed E-state index contributed by atoms with van der Waals surface area (Å²) >= 11 is 1.16. The van der Waals surface area contributed by atoms with Crippen LogP contribution in [0.2, 0.25) is 0 Å². The number of nitrogens with zero attached hydrogens (tertiary/aromatic N) is 2. The first-order valence-electron chi connectivity index (χ1n) is 9.15. The molecule has 3 heterocycles. The first kappa shape index (κ1) is 19.9. The predicted molar refractivity (Wildman–Crippen MR) is 97.6 cm³/mol. The number of halogens is 3. The summed E-state index contributed by atoms with van der Waals surface area (Å²) < 4.78 is 43.2. The van der Waals surface area contributed by atoms with Crippen molar-refractivity contribution in [2.24, 2.45) is 11.8 Å². The summed E-state index contributed by atoms with van der Waals surface area (Å²) in [5.41, 5.74) is 0.0839. The Morgan fingerprint density at radius 2 is 2.19 bits per heavy atom. The summed E-state index contributed by atoms with van der Waals surface area (Å²) in [6, 6.07) is 3.30. The Balaban J connectivity index is 1.78. The lowest BCUT2D eigenvalue weighted by Crippen LogP contribution is -2.41. The van der Waals surface area contributed by atoms with Crippen LogP contribution >= 0.6 is 11.3 Å². The second-order valence-corrected chi connectivity index (χ2v) is 8.27. The van der Waals surface area contributed by atoms with E-state index in [1.54, 1.807) is 12.1 Å². The molecule has 1 aliphatic heterocycles. The molecule has 0 aliphatic carbocycles. The molecule has 27 heavy (non-hydrogen) atoms. The molecule has 3 rings (SSSR count). The van der Waals surface area contributed by atoms with Crippen molar-refractivity contribution in [2.45, 2.75) is 46.2 Å². The van der Waals surface area contributed by atoms with E-state index in [0.29, 0.717) is 21.6 Å². The van der Waals surface area contributed by atoms with E-state index in [4.69, 9.17) is 0 Å². The third-order valence-corrected chi connectivity index (χ3v) is 6.51. The summed E-state index contributed by atoms with van der Waals surface area (Å²) in [5, 5.41) is 3.57. The van der Waals surface area contributed by atoms with Crippen molar-refractivity contribution in [2.75, 3.05) is 13.1 Å². The summed E-state index contributed by atoms with van der Waals surface area (Å²) in [7, 11) is 0. The lowest BCUT2D eigenvalue weighted by Gasteiger charge is -2.35. The van der Waals surface area contributed by atoms with E-state index in [1.807, 2.05) is 4.90 Å². The Labute approximate surface area is 160 Å². The molecule has 1 saturated heterocycles. The Morgan fingerprint density at radius 3 is 2.81 bits per heavy atom. The maximum Gasteiger partial charge on any atom is 0.452 e. The Morgan fingerprint density at radius 1 is 1.44 bits per heavy atom. The molecule has 1 fully saturated rings. The summed E-state index contributed by atoms with van der Waals surface area (Å²) in [6.07, 6.45) is -1.38. The monoisotopic (exact) mass is 400 g/mol. The molecule has 2 atom stereocenters. The van der Waals surface area contributed by atoms with Gasteiger partial charge in [-0.2, -0.15) is 13.2 Å². The minimum absolute atomic E-state index is 0.0573. The van der Waals surface area contributed by atoms with E-state index in [9.17, 15) is 18.0 Å². The zero-order chi connectivity index (χ0) is 19.8. The fourth-order valence-corrected chi connectivity index (χ4v) is 4.57. The van der Waals surface area contributed by atoms with Crippen LogP contribution in [0.1, 0.15) is 54.1 Å². The highest BCUT2D eigenvalue weighted by Crippen LogP contribution is 2.38. The molecule has 0 aromatic carbocycles. The minimum atomic E-state index is -4.58. The van der Waals surface area contributed by atoms with Crippen LogP contribution in [0.5, 0.6) is 0 Å². The van der Waals surface area contributed by atoms with Crippen LogP contribution in [0.3, 0.4) is 0 Å². The van der Waals surface area contributed by atoms with Crippen molar-refractivity contribution < 1.29 is 22.5 Å². The summed E-state index contributed by atoms with van der Waals surface area (Å²) in [4.78, 5) is 15.8. The molecule has 1 amide bonds. The molecular formula is C19H23F3N2O2S. The number of likely N-dealkylation sites (tertiary alicyclic amines) is 1. The number of rotatable bonds is 4. The van der Waals surface area contributed by atoms with Gasteiger partial charge in [0.2, 0.25) is 5.76 Å². The van der Waals surface area contributed by atoms with E-state index in [0.717, 1.165) is 43.7 Å². The van der Waals surface area contributed by atoms with Crippen molar-refractivity contribution in [1.29, 1.82) is 0 Å². The van der Waals surface area contributed by atoms with Crippen molar-refractivity contribution >= 4 is 17.2 Å². The predicted octanol–water partition coefficient (Wildman–Crippen LogP) is 5.63. The average Bonchev–Trinajstić information content (AvgIpc) is 3.26. The number of hydrogen-bond acceptors (Lipinski definition) is 4. The standard InChI is InChI=1S/C19H23F3N2O2S/c1-4-11(2)13-6-5-9-24(10-13)18(25)15-8-7-14(27-15)16-12(3)17(26-23-16)19(20,21)22/h7-8,11,13H,4-6,9-10H2,1-3H3. The number of aromatic nitrogens is 1. The lowest BCUT2D eigenvalue weighted by atomic mass is 9.85. The molecule has 4 nitrogen and oxygen atoms in total. The maximum absolute atomic E-state index is 12.9. The van der Waals surface area contributed by atoms with Crippen LogP contribution < -0.4 is 0 Å². The maximum atomic E-state index is 12.9. The van der Waals surface area contributed by atoms with Gasteiger partial charge < -0.3 is 9.42 Å². The molecule has 0 spiro atoms. The Hall–Kier alpha value is -1.83. The number of piperidine rings is 1. The third kappa shape index (κ3) is 4.05. The highest BCUT2D eigenvalue weighted by Gasteiger charge is 2.39. The van der Waals surface area contributed by atoms with Crippen LogP contribution in [0.25, 0.3) is 10.6 Å². The van der Waals surface area contributed by atoms with Gasteiger partial charge in [0.1, 0.15) is 5.69 Å².